The third-order valence-corrected chi connectivity index (χ3v) is 3.89. The van der Waals surface area contributed by atoms with Gasteiger partial charge in [-0.3, -0.25) is 0 Å². The first-order valence-corrected chi connectivity index (χ1v) is 8.67. The van der Waals surface area contributed by atoms with Gasteiger partial charge in [-0.25, -0.2) is 4.79 Å². The Morgan fingerprint density at radius 1 is 1.36 bits per heavy atom. The second kappa shape index (κ2) is 9.67. The van der Waals surface area contributed by atoms with E-state index in [9.17, 15) is 23.1 Å². The number of rotatable bonds is 7. The first-order valence-electron chi connectivity index (χ1n) is 7.15. The second-order valence-corrected chi connectivity index (χ2v) is 6.04. The summed E-state index contributed by atoms with van der Waals surface area (Å²) < 4.78 is 43.2. The van der Waals surface area contributed by atoms with E-state index >= 15 is 0 Å². The van der Waals surface area contributed by atoms with Crippen molar-refractivity contribution in [2.45, 2.75) is 24.9 Å². The van der Waals surface area contributed by atoms with Crippen molar-refractivity contribution in [3.05, 3.63) is 35.2 Å². The Morgan fingerprint density at radius 2 is 2.04 bits per heavy atom. The lowest BCUT2D eigenvalue weighted by molar-refractivity contribution is -0.139. The zero-order valence-electron chi connectivity index (χ0n) is 13.4. The number of nitrogens with zero attached hydrogens (tertiary/aromatic N) is 2. The molecule has 0 saturated carbocycles. The van der Waals surface area contributed by atoms with Crippen LogP contribution in [0.15, 0.2) is 44.8 Å². The number of thioether (sulfide) groups is 1. The number of carbonyl (C=O) groups is 1. The SMILES string of the molecule is CCOC(=O)/C(N=Nc1ccc(C(F)(F)F)cc1SCC)=C(/O)CCl. The molecule has 0 spiro atoms. The number of aliphatic hydroxyl groups excluding tert-OH is 1. The largest absolute Gasteiger partial charge is 0.508 e. The molecule has 10 heteroatoms. The number of hydrogen-bond acceptors (Lipinski definition) is 6. The van der Waals surface area contributed by atoms with E-state index in [1.165, 1.54) is 0 Å². The van der Waals surface area contributed by atoms with E-state index in [1.807, 2.05) is 0 Å². The summed E-state index contributed by atoms with van der Waals surface area (Å²) in [5, 5.41) is 17.1. The Hall–Kier alpha value is -1.74. The molecule has 0 radical (unpaired) electrons. The number of alkyl halides is 4. The average Bonchev–Trinajstić information content (AvgIpc) is 2.55. The zero-order chi connectivity index (χ0) is 19.0. The predicted molar refractivity (Wildman–Crippen MR) is 89.4 cm³/mol. The molecule has 0 bridgehead atoms. The van der Waals surface area contributed by atoms with Crippen molar-refractivity contribution in [2.24, 2.45) is 10.2 Å². The van der Waals surface area contributed by atoms with Gasteiger partial charge in [0.1, 0.15) is 5.76 Å². The Labute approximate surface area is 151 Å². The highest BCUT2D eigenvalue weighted by Crippen LogP contribution is 2.37. The van der Waals surface area contributed by atoms with E-state index in [0.717, 1.165) is 30.0 Å². The number of esters is 1. The maximum atomic E-state index is 12.8. The van der Waals surface area contributed by atoms with Crippen LogP contribution in [0.1, 0.15) is 19.4 Å². The van der Waals surface area contributed by atoms with E-state index in [0.29, 0.717) is 5.75 Å². The van der Waals surface area contributed by atoms with Crippen LogP contribution in [-0.2, 0) is 15.7 Å². The molecule has 25 heavy (non-hydrogen) atoms. The van der Waals surface area contributed by atoms with Gasteiger partial charge in [-0.05, 0) is 30.9 Å². The summed E-state index contributed by atoms with van der Waals surface area (Å²) >= 11 is 6.62. The topological polar surface area (TPSA) is 71.2 Å². The number of carbonyl (C=O) groups excluding carboxylic acids is 1. The molecule has 0 aliphatic rings. The average molecular weight is 397 g/mol. The summed E-state index contributed by atoms with van der Waals surface area (Å²) in [7, 11) is 0. The van der Waals surface area contributed by atoms with Crippen molar-refractivity contribution in [3.63, 3.8) is 0 Å². The maximum Gasteiger partial charge on any atom is 0.416 e. The first-order chi connectivity index (χ1) is 11.7. The number of allylic oxidation sites excluding steroid dienone is 1. The molecule has 0 atom stereocenters. The molecule has 5 nitrogen and oxygen atoms in total. The highest BCUT2D eigenvalue weighted by atomic mass is 35.5. The minimum absolute atomic E-state index is 0.0463. The van der Waals surface area contributed by atoms with Gasteiger partial charge in [0.15, 0.2) is 0 Å². The van der Waals surface area contributed by atoms with Crippen molar-refractivity contribution in [1.29, 1.82) is 0 Å². The number of azo groups is 1. The normalized spacial score (nSPS) is 13.0. The molecule has 1 aromatic rings. The Kier molecular flexibility index (Phi) is 8.24. The van der Waals surface area contributed by atoms with Gasteiger partial charge in [0.05, 0.1) is 23.7 Å². The van der Waals surface area contributed by atoms with Gasteiger partial charge in [0.25, 0.3) is 0 Å². The van der Waals surface area contributed by atoms with Gasteiger partial charge < -0.3 is 9.84 Å². The fourth-order valence-electron chi connectivity index (χ4n) is 1.63. The number of halogens is 4. The molecule has 0 aromatic heterocycles. The molecule has 1 N–H and O–H groups in total. The van der Waals surface area contributed by atoms with Crippen LogP contribution >= 0.6 is 23.4 Å². The minimum atomic E-state index is -4.48. The summed E-state index contributed by atoms with van der Waals surface area (Å²) in [5.41, 5.74) is -1.18. The molecule has 138 valence electrons. The molecule has 1 rings (SSSR count). The van der Waals surface area contributed by atoms with Crippen molar-refractivity contribution >= 4 is 35.0 Å². The molecule has 1 aromatic carbocycles. The third-order valence-electron chi connectivity index (χ3n) is 2.71. The fraction of sp³-hybridized carbons (Fsp3) is 0.400. The van der Waals surface area contributed by atoms with Crippen molar-refractivity contribution in [1.82, 2.24) is 0 Å². The van der Waals surface area contributed by atoms with Gasteiger partial charge >= 0.3 is 12.1 Å². The van der Waals surface area contributed by atoms with Crippen molar-refractivity contribution < 1.29 is 27.8 Å². The van der Waals surface area contributed by atoms with Gasteiger partial charge in [-0.2, -0.15) is 13.2 Å². The van der Waals surface area contributed by atoms with E-state index in [4.69, 9.17) is 16.3 Å². The third kappa shape index (κ3) is 6.24. The molecule has 0 unspecified atom stereocenters. The van der Waals surface area contributed by atoms with E-state index in [2.05, 4.69) is 10.2 Å². The quantitative estimate of drug-likeness (QED) is 0.165. The maximum absolute atomic E-state index is 12.8. The van der Waals surface area contributed by atoms with Crippen LogP contribution in [0.2, 0.25) is 0 Å². The van der Waals surface area contributed by atoms with Crippen LogP contribution in [0.25, 0.3) is 0 Å². The molecule has 0 aliphatic carbocycles. The Morgan fingerprint density at radius 3 is 2.56 bits per heavy atom. The molecular weight excluding hydrogens is 381 g/mol. The molecule has 0 fully saturated rings. The van der Waals surface area contributed by atoms with Crippen molar-refractivity contribution in [3.8, 4) is 0 Å². The summed E-state index contributed by atoms with van der Waals surface area (Å²) in [6, 6.07) is 2.96. The zero-order valence-corrected chi connectivity index (χ0v) is 15.0. The second-order valence-electron chi connectivity index (χ2n) is 4.46. The van der Waals surface area contributed by atoms with Crippen LogP contribution in [-0.4, -0.2) is 29.3 Å². The summed E-state index contributed by atoms with van der Waals surface area (Å²) in [6.07, 6.45) is -4.48. The van der Waals surface area contributed by atoms with Crippen LogP contribution < -0.4 is 0 Å². The monoisotopic (exact) mass is 396 g/mol. The Bertz CT molecular complexity index is 678. The summed E-state index contributed by atoms with van der Waals surface area (Å²) in [4.78, 5) is 12.0. The van der Waals surface area contributed by atoms with Crippen LogP contribution in [0, 0.1) is 0 Å². The molecule has 0 saturated heterocycles. The lowest BCUT2D eigenvalue weighted by Gasteiger charge is -2.10. The standard InChI is InChI=1S/C15H16ClF3N2O3S/c1-3-24-14(23)13(11(22)8-16)21-20-10-6-5-9(15(17,18)19)7-12(10)25-4-2/h5-7,22H,3-4,8H2,1-2H3/b13-11-,21-20?. The predicted octanol–water partition coefficient (Wildman–Crippen LogP) is 5.47. The lowest BCUT2D eigenvalue weighted by Crippen LogP contribution is -2.09. The number of hydrogen-bond donors (Lipinski definition) is 1. The Balaban J connectivity index is 3.26. The molecule has 0 aliphatic heterocycles. The fourth-order valence-corrected chi connectivity index (χ4v) is 2.53. The van der Waals surface area contributed by atoms with Crippen LogP contribution in [0.3, 0.4) is 0 Å². The number of ether oxygens (including phenoxy) is 1. The highest BCUT2D eigenvalue weighted by Gasteiger charge is 2.31. The minimum Gasteiger partial charge on any atom is -0.508 e. The van der Waals surface area contributed by atoms with E-state index in [-0.39, 0.29) is 17.2 Å². The lowest BCUT2D eigenvalue weighted by atomic mass is 10.2. The first kappa shape index (κ1) is 21.3. The van der Waals surface area contributed by atoms with Gasteiger partial charge in [0.2, 0.25) is 5.70 Å². The number of benzene rings is 1. The van der Waals surface area contributed by atoms with Crippen molar-refractivity contribution in [2.75, 3.05) is 18.2 Å². The van der Waals surface area contributed by atoms with E-state index < -0.39 is 35.0 Å². The van der Waals surface area contributed by atoms with Gasteiger partial charge in [-0.1, -0.05) is 6.92 Å². The van der Waals surface area contributed by atoms with Crippen LogP contribution in [0.4, 0.5) is 18.9 Å². The summed E-state index contributed by atoms with van der Waals surface area (Å²) in [5.74, 6) is -1.35. The number of aliphatic hydroxyl groups is 1. The molecule has 0 heterocycles. The van der Waals surface area contributed by atoms with Crippen LogP contribution in [0.5, 0.6) is 0 Å². The molecular formula is C15H16ClF3N2O3S. The van der Waals surface area contributed by atoms with Gasteiger partial charge in [-0.15, -0.1) is 33.6 Å². The van der Waals surface area contributed by atoms with Gasteiger partial charge in [0, 0.05) is 4.90 Å². The summed E-state index contributed by atoms with van der Waals surface area (Å²) in [6.45, 7) is 3.38. The molecule has 0 amide bonds. The smallest absolute Gasteiger partial charge is 0.416 e. The highest BCUT2D eigenvalue weighted by molar-refractivity contribution is 7.99. The van der Waals surface area contributed by atoms with E-state index in [1.54, 1.807) is 13.8 Å².